The van der Waals surface area contributed by atoms with E-state index in [9.17, 15) is 14.0 Å². The van der Waals surface area contributed by atoms with E-state index < -0.39 is 6.04 Å². The predicted octanol–water partition coefficient (Wildman–Crippen LogP) is 1.68. The molecule has 1 fully saturated rings. The Labute approximate surface area is 118 Å². The van der Waals surface area contributed by atoms with Crippen molar-refractivity contribution in [3.63, 3.8) is 0 Å². The molecule has 1 saturated heterocycles. The molecular weight excluding hydrogens is 259 g/mol. The maximum absolute atomic E-state index is 13.6. The van der Waals surface area contributed by atoms with Crippen LogP contribution in [0.2, 0.25) is 0 Å². The molecule has 2 amide bonds. The van der Waals surface area contributed by atoms with Crippen molar-refractivity contribution in [1.82, 2.24) is 10.2 Å². The van der Waals surface area contributed by atoms with Crippen LogP contribution >= 0.6 is 0 Å². The molecule has 2 rings (SSSR count). The van der Waals surface area contributed by atoms with E-state index in [0.29, 0.717) is 24.1 Å². The zero-order valence-electron chi connectivity index (χ0n) is 12.0. The lowest BCUT2D eigenvalue weighted by molar-refractivity contribution is -0.144. The number of nitrogens with one attached hydrogen (secondary N) is 1. The maximum atomic E-state index is 13.6. The van der Waals surface area contributed by atoms with Gasteiger partial charge in [-0.2, -0.15) is 0 Å². The second-order valence-corrected chi connectivity index (χ2v) is 5.27. The standard InChI is InChI=1S/C15H19FN2O2/c1-4-12-15(20)18(8-13(19)17-12)7-11-5-9(2)14(16)10(3)6-11/h5-6,12H,4,7-8H2,1-3H3,(H,17,19). The highest BCUT2D eigenvalue weighted by Gasteiger charge is 2.31. The number of nitrogens with zero attached hydrogens (tertiary/aromatic N) is 1. The van der Waals surface area contributed by atoms with E-state index >= 15 is 0 Å². The summed E-state index contributed by atoms with van der Waals surface area (Å²) in [4.78, 5) is 25.3. The zero-order chi connectivity index (χ0) is 14.9. The van der Waals surface area contributed by atoms with Crippen LogP contribution in [0, 0.1) is 19.7 Å². The Morgan fingerprint density at radius 1 is 1.30 bits per heavy atom. The van der Waals surface area contributed by atoms with Crippen LogP contribution in [0.4, 0.5) is 4.39 Å². The number of amides is 2. The first-order valence-electron chi connectivity index (χ1n) is 6.76. The molecule has 0 aromatic heterocycles. The summed E-state index contributed by atoms with van der Waals surface area (Å²) in [5, 5.41) is 2.67. The second kappa shape index (κ2) is 5.61. The summed E-state index contributed by atoms with van der Waals surface area (Å²) in [7, 11) is 0. The summed E-state index contributed by atoms with van der Waals surface area (Å²) in [6.07, 6.45) is 0.572. The van der Waals surface area contributed by atoms with Crippen LogP contribution in [0.15, 0.2) is 12.1 Å². The van der Waals surface area contributed by atoms with Crippen molar-refractivity contribution >= 4 is 11.8 Å². The highest BCUT2D eigenvalue weighted by molar-refractivity contribution is 5.94. The summed E-state index contributed by atoms with van der Waals surface area (Å²) < 4.78 is 13.6. The minimum absolute atomic E-state index is 0.0603. The fourth-order valence-corrected chi connectivity index (χ4v) is 2.53. The number of rotatable bonds is 3. The van der Waals surface area contributed by atoms with Crippen molar-refractivity contribution in [3.05, 3.63) is 34.6 Å². The number of hydrogen-bond acceptors (Lipinski definition) is 2. The van der Waals surface area contributed by atoms with Crippen molar-refractivity contribution in [1.29, 1.82) is 0 Å². The van der Waals surface area contributed by atoms with E-state index in [0.717, 1.165) is 5.56 Å². The Morgan fingerprint density at radius 2 is 1.90 bits per heavy atom. The molecule has 4 nitrogen and oxygen atoms in total. The first-order valence-corrected chi connectivity index (χ1v) is 6.76. The molecule has 5 heteroatoms. The van der Waals surface area contributed by atoms with E-state index in [4.69, 9.17) is 0 Å². The quantitative estimate of drug-likeness (QED) is 0.914. The van der Waals surface area contributed by atoms with Crippen LogP contribution < -0.4 is 5.32 Å². The fraction of sp³-hybridized carbons (Fsp3) is 0.467. The number of hydrogen-bond donors (Lipinski definition) is 1. The molecule has 1 N–H and O–H groups in total. The second-order valence-electron chi connectivity index (χ2n) is 5.27. The largest absolute Gasteiger partial charge is 0.343 e. The van der Waals surface area contributed by atoms with Crippen LogP contribution in [-0.4, -0.2) is 29.3 Å². The topological polar surface area (TPSA) is 49.4 Å². The van der Waals surface area contributed by atoms with E-state index in [1.807, 2.05) is 6.92 Å². The highest BCUT2D eigenvalue weighted by Crippen LogP contribution is 2.17. The van der Waals surface area contributed by atoms with Gasteiger partial charge in [-0.25, -0.2) is 4.39 Å². The number of carbonyl (C=O) groups excluding carboxylic acids is 2. The summed E-state index contributed by atoms with van der Waals surface area (Å²) in [6.45, 7) is 5.66. The van der Waals surface area contributed by atoms with Crippen LogP contribution in [0.5, 0.6) is 0 Å². The molecule has 0 radical (unpaired) electrons. The summed E-state index contributed by atoms with van der Waals surface area (Å²) >= 11 is 0. The number of aryl methyl sites for hydroxylation is 2. The van der Waals surface area contributed by atoms with Gasteiger partial charge in [0.15, 0.2) is 0 Å². The molecule has 1 aromatic rings. The molecule has 108 valence electrons. The zero-order valence-corrected chi connectivity index (χ0v) is 12.0. The average Bonchev–Trinajstić information content (AvgIpc) is 2.39. The minimum atomic E-state index is -0.445. The van der Waals surface area contributed by atoms with E-state index in [-0.39, 0.29) is 24.2 Å². The Kier molecular flexibility index (Phi) is 4.06. The maximum Gasteiger partial charge on any atom is 0.245 e. The lowest BCUT2D eigenvalue weighted by atomic mass is 10.0. The van der Waals surface area contributed by atoms with Crippen LogP contribution in [-0.2, 0) is 16.1 Å². The number of piperazine rings is 1. The van der Waals surface area contributed by atoms with Crippen molar-refractivity contribution in [2.45, 2.75) is 39.8 Å². The van der Waals surface area contributed by atoms with Gasteiger partial charge >= 0.3 is 0 Å². The predicted molar refractivity (Wildman–Crippen MR) is 73.5 cm³/mol. The lowest BCUT2D eigenvalue weighted by Crippen LogP contribution is -2.57. The summed E-state index contributed by atoms with van der Waals surface area (Å²) in [5.41, 5.74) is 1.96. The molecule has 1 heterocycles. The van der Waals surface area contributed by atoms with Gasteiger partial charge in [-0.1, -0.05) is 19.1 Å². The van der Waals surface area contributed by atoms with E-state index in [1.54, 1.807) is 26.0 Å². The van der Waals surface area contributed by atoms with Gasteiger partial charge in [0.1, 0.15) is 11.9 Å². The summed E-state index contributed by atoms with van der Waals surface area (Å²) in [6, 6.07) is 3.01. The molecule has 1 aliphatic heterocycles. The van der Waals surface area contributed by atoms with Crippen LogP contribution in [0.1, 0.15) is 30.0 Å². The van der Waals surface area contributed by atoms with Crippen molar-refractivity contribution in [2.24, 2.45) is 0 Å². The number of carbonyl (C=O) groups is 2. The van der Waals surface area contributed by atoms with Gasteiger partial charge < -0.3 is 10.2 Å². The van der Waals surface area contributed by atoms with Gasteiger partial charge in [-0.15, -0.1) is 0 Å². The molecule has 0 saturated carbocycles. The molecule has 1 atom stereocenters. The fourth-order valence-electron chi connectivity index (χ4n) is 2.53. The molecule has 0 aliphatic carbocycles. The highest BCUT2D eigenvalue weighted by atomic mass is 19.1. The Hall–Kier alpha value is -1.91. The van der Waals surface area contributed by atoms with Crippen molar-refractivity contribution in [2.75, 3.05) is 6.54 Å². The van der Waals surface area contributed by atoms with Gasteiger partial charge in [0.25, 0.3) is 0 Å². The molecule has 1 aliphatic rings. The Balaban J connectivity index is 2.20. The first-order chi connectivity index (χ1) is 9.42. The molecular formula is C15H19FN2O2. The SMILES string of the molecule is CCC1NC(=O)CN(Cc2cc(C)c(F)c(C)c2)C1=O. The Morgan fingerprint density at radius 3 is 2.45 bits per heavy atom. The van der Waals surface area contributed by atoms with Crippen molar-refractivity contribution < 1.29 is 14.0 Å². The van der Waals surface area contributed by atoms with Gasteiger partial charge in [-0.05, 0) is 37.0 Å². The Bertz CT molecular complexity index is 534. The van der Waals surface area contributed by atoms with Gasteiger partial charge in [0.05, 0.1) is 6.54 Å². The first kappa shape index (κ1) is 14.5. The monoisotopic (exact) mass is 278 g/mol. The van der Waals surface area contributed by atoms with Gasteiger partial charge in [-0.3, -0.25) is 9.59 Å². The molecule has 0 bridgehead atoms. The minimum Gasteiger partial charge on any atom is -0.343 e. The third kappa shape index (κ3) is 2.81. The molecule has 0 spiro atoms. The number of halogens is 1. The summed E-state index contributed by atoms with van der Waals surface area (Å²) in [5.74, 6) is -0.443. The van der Waals surface area contributed by atoms with E-state index in [1.165, 1.54) is 4.90 Å². The number of benzene rings is 1. The van der Waals surface area contributed by atoms with E-state index in [2.05, 4.69) is 5.32 Å². The lowest BCUT2D eigenvalue weighted by Gasteiger charge is -2.32. The van der Waals surface area contributed by atoms with Crippen LogP contribution in [0.25, 0.3) is 0 Å². The average molecular weight is 278 g/mol. The molecule has 20 heavy (non-hydrogen) atoms. The van der Waals surface area contributed by atoms with Crippen molar-refractivity contribution in [3.8, 4) is 0 Å². The molecule has 1 aromatic carbocycles. The van der Waals surface area contributed by atoms with Gasteiger partial charge in [0, 0.05) is 6.54 Å². The third-order valence-corrected chi connectivity index (χ3v) is 3.56. The van der Waals surface area contributed by atoms with Gasteiger partial charge in [0.2, 0.25) is 11.8 Å². The smallest absolute Gasteiger partial charge is 0.245 e. The van der Waals surface area contributed by atoms with Crippen LogP contribution in [0.3, 0.4) is 0 Å². The molecule has 1 unspecified atom stereocenters. The third-order valence-electron chi connectivity index (χ3n) is 3.56. The normalized spacial score (nSPS) is 19.2.